The van der Waals surface area contributed by atoms with E-state index in [1.165, 1.54) is 12.1 Å². The molecule has 2 N–H and O–H groups in total. The van der Waals surface area contributed by atoms with Gasteiger partial charge < -0.3 is 15.2 Å². The van der Waals surface area contributed by atoms with Crippen LogP contribution < -0.4 is 10.1 Å². The second kappa shape index (κ2) is 7.12. The average molecular weight is 335 g/mol. The molecule has 7 nitrogen and oxygen atoms in total. The van der Waals surface area contributed by atoms with Gasteiger partial charge in [0.1, 0.15) is 11.5 Å². The van der Waals surface area contributed by atoms with Crippen LogP contribution in [0.4, 0.5) is 10.1 Å². The van der Waals surface area contributed by atoms with Gasteiger partial charge in [-0.3, -0.25) is 14.3 Å². The molecule has 8 heteroatoms. The molecule has 0 aliphatic rings. The Balaban J connectivity index is 1.97. The highest BCUT2D eigenvalue weighted by Crippen LogP contribution is 2.21. The van der Waals surface area contributed by atoms with Gasteiger partial charge in [0.05, 0.1) is 12.1 Å². The van der Waals surface area contributed by atoms with Crippen molar-refractivity contribution in [2.24, 2.45) is 7.05 Å². The summed E-state index contributed by atoms with van der Waals surface area (Å²) in [5, 5.41) is 15.4. The number of ether oxygens (including phenoxy) is 1. The minimum absolute atomic E-state index is 0.0540. The van der Waals surface area contributed by atoms with Crippen LogP contribution in [0.25, 0.3) is 0 Å². The summed E-state index contributed by atoms with van der Waals surface area (Å²) in [5.41, 5.74) is 1.75. The Bertz CT molecular complexity index is 786. The van der Waals surface area contributed by atoms with Crippen molar-refractivity contribution in [2.45, 2.75) is 20.3 Å². The number of halogens is 1. The Labute approximate surface area is 138 Å². The normalized spacial score (nSPS) is 10.5. The zero-order valence-corrected chi connectivity index (χ0v) is 13.6. The lowest BCUT2D eigenvalue weighted by molar-refractivity contribution is -0.136. The summed E-state index contributed by atoms with van der Waals surface area (Å²) in [4.78, 5) is 22.5. The van der Waals surface area contributed by atoms with Gasteiger partial charge in [-0.15, -0.1) is 0 Å². The van der Waals surface area contributed by atoms with E-state index < -0.39 is 24.1 Å². The molecule has 1 aromatic heterocycles. The number of carboxylic acid groups (broad SMARTS) is 1. The highest BCUT2D eigenvalue weighted by atomic mass is 19.1. The number of aliphatic carboxylic acids is 1. The van der Waals surface area contributed by atoms with Gasteiger partial charge in [0, 0.05) is 12.7 Å². The Kier molecular flexibility index (Phi) is 5.18. The number of nitrogens with one attached hydrogen (secondary N) is 1. The van der Waals surface area contributed by atoms with E-state index in [2.05, 4.69) is 10.4 Å². The van der Waals surface area contributed by atoms with Gasteiger partial charge in [-0.2, -0.15) is 5.10 Å². The van der Waals surface area contributed by atoms with Crippen molar-refractivity contribution in [1.82, 2.24) is 9.78 Å². The smallest absolute Gasteiger partial charge is 0.307 e. The van der Waals surface area contributed by atoms with Crippen LogP contribution in [-0.2, 0) is 23.1 Å². The predicted molar refractivity (Wildman–Crippen MR) is 84.5 cm³/mol. The van der Waals surface area contributed by atoms with Crippen molar-refractivity contribution in [3.05, 3.63) is 41.0 Å². The van der Waals surface area contributed by atoms with Crippen LogP contribution in [0.2, 0.25) is 0 Å². The minimum Gasteiger partial charge on any atom is -0.481 e. The molecule has 1 aromatic carbocycles. The summed E-state index contributed by atoms with van der Waals surface area (Å²) in [6.45, 7) is 3.35. The van der Waals surface area contributed by atoms with Crippen LogP contribution in [0.5, 0.6) is 5.75 Å². The fourth-order valence-electron chi connectivity index (χ4n) is 2.23. The second-order valence-corrected chi connectivity index (χ2v) is 5.34. The summed E-state index contributed by atoms with van der Waals surface area (Å²) in [6.07, 6.45) is -0.414. The van der Waals surface area contributed by atoms with Crippen LogP contribution in [0, 0.1) is 19.7 Å². The molecule has 0 spiro atoms. The van der Waals surface area contributed by atoms with E-state index in [1.54, 1.807) is 18.7 Å². The van der Waals surface area contributed by atoms with E-state index in [0.29, 0.717) is 11.4 Å². The standard InChI is InChI=1S/C16H18FN3O4/c1-9-16(10(2)20(3)19-9)24-8-14(21)18-12-5-4-11(6-15(22)23)13(17)7-12/h4-5,7H,6,8H2,1-3H3,(H,18,21)(H,22,23). The number of benzene rings is 1. The number of aryl methyl sites for hydroxylation is 2. The molecule has 0 saturated heterocycles. The van der Waals surface area contributed by atoms with Crippen molar-refractivity contribution < 1.29 is 23.8 Å². The number of carbonyl (C=O) groups is 2. The molecule has 0 radical (unpaired) electrons. The quantitative estimate of drug-likeness (QED) is 0.840. The number of hydrogen-bond acceptors (Lipinski definition) is 4. The Morgan fingerprint density at radius 1 is 1.38 bits per heavy atom. The predicted octanol–water partition coefficient (Wildman–Crippen LogP) is 1.82. The third-order valence-corrected chi connectivity index (χ3v) is 3.47. The van der Waals surface area contributed by atoms with Gasteiger partial charge in [0.25, 0.3) is 5.91 Å². The highest BCUT2D eigenvalue weighted by Gasteiger charge is 2.13. The summed E-state index contributed by atoms with van der Waals surface area (Å²) < 4.78 is 20.9. The molecule has 0 bridgehead atoms. The lowest BCUT2D eigenvalue weighted by Gasteiger charge is -2.09. The number of hydrogen-bond donors (Lipinski definition) is 2. The molecule has 0 aliphatic heterocycles. The zero-order chi connectivity index (χ0) is 17.9. The van der Waals surface area contributed by atoms with E-state index in [1.807, 2.05) is 6.92 Å². The molecular formula is C16H18FN3O4. The lowest BCUT2D eigenvalue weighted by Crippen LogP contribution is -2.20. The topological polar surface area (TPSA) is 93.5 Å². The molecule has 1 heterocycles. The molecule has 24 heavy (non-hydrogen) atoms. The monoisotopic (exact) mass is 335 g/mol. The first-order chi connectivity index (χ1) is 11.3. The summed E-state index contributed by atoms with van der Waals surface area (Å²) >= 11 is 0. The summed E-state index contributed by atoms with van der Waals surface area (Å²) in [6, 6.07) is 3.85. The van der Waals surface area contributed by atoms with Crippen molar-refractivity contribution in [3.63, 3.8) is 0 Å². The molecule has 0 unspecified atom stereocenters. The van der Waals surface area contributed by atoms with Gasteiger partial charge in [-0.25, -0.2) is 4.39 Å². The van der Waals surface area contributed by atoms with E-state index >= 15 is 0 Å². The summed E-state index contributed by atoms with van der Waals surface area (Å²) in [5.74, 6) is -1.73. The zero-order valence-electron chi connectivity index (χ0n) is 13.6. The minimum atomic E-state index is -1.12. The van der Waals surface area contributed by atoms with Gasteiger partial charge in [-0.05, 0) is 31.5 Å². The largest absolute Gasteiger partial charge is 0.481 e. The molecule has 0 saturated carbocycles. The van der Waals surface area contributed by atoms with Gasteiger partial charge >= 0.3 is 5.97 Å². The average Bonchev–Trinajstić information content (AvgIpc) is 2.73. The van der Waals surface area contributed by atoms with Crippen molar-refractivity contribution >= 4 is 17.6 Å². The number of rotatable bonds is 6. The van der Waals surface area contributed by atoms with Crippen LogP contribution in [0.1, 0.15) is 17.0 Å². The second-order valence-electron chi connectivity index (χ2n) is 5.34. The highest BCUT2D eigenvalue weighted by molar-refractivity contribution is 5.92. The van der Waals surface area contributed by atoms with E-state index in [9.17, 15) is 14.0 Å². The van der Waals surface area contributed by atoms with Crippen molar-refractivity contribution in [2.75, 3.05) is 11.9 Å². The Morgan fingerprint density at radius 2 is 2.08 bits per heavy atom. The van der Waals surface area contributed by atoms with E-state index in [-0.39, 0.29) is 17.9 Å². The van der Waals surface area contributed by atoms with Crippen LogP contribution in [0.3, 0.4) is 0 Å². The molecular weight excluding hydrogens is 317 g/mol. The molecule has 128 valence electrons. The maximum absolute atomic E-state index is 13.8. The molecule has 2 rings (SSSR count). The first-order valence-corrected chi connectivity index (χ1v) is 7.21. The van der Waals surface area contributed by atoms with Gasteiger partial charge in [0.2, 0.25) is 0 Å². The summed E-state index contributed by atoms with van der Waals surface area (Å²) in [7, 11) is 1.77. The van der Waals surface area contributed by atoms with Crippen LogP contribution >= 0.6 is 0 Å². The Hall–Kier alpha value is -2.90. The van der Waals surface area contributed by atoms with Gasteiger partial charge in [-0.1, -0.05) is 6.07 Å². The molecule has 2 aromatic rings. The molecule has 0 aliphatic carbocycles. The number of nitrogens with zero attached hydrogens (tertiary/aromatic N) is 2. The number of anilines is 1. The third kappa shape index (κ3) is 4.09. The van der Waals surface area contributed by atoms with E-state index in [0.717, 1.165) is 11.8 Å². The molecule has 0 atom stereocenters. The lowest BCUT2D eigenvalue weighted by atomic mass is 10.1. The van der Waals surface area contributed by atoms with E-state index in [4.69, 9.17) is 9.84 Å². The molecule has 0 fully saturated rings. The van der Waals surface area contributed by atoms with Crippen molar-refractivity contribution in [1.29, 1.82) is 0 Å². The fraction of sp³-hybridized carbons (Fsp3) is 0.312. The number of carbonyl (C=O) groups excluding carboxylic acids is 1. The third-order valence-electron chi connectivity index (χ3n) is 3.47. The SMILES string of the molecule is Cc1nn(C)c(C)c1OCC(=O)Nc1ccc(CC(=O)O)c(F)c1. The fourth-order valence-corrected chi connectivity index (χ4v) is 2.23. The number of carboxylic acids is 1. The first kappa shape index (κ1) is 17.5. The Morgan fingerprint density at radius 3 is 2.62 bits per heavy atom. The first-order valence-electron chi connectivity index (χ1n) is 7.21. The van der Waals surface area contributed by atoms with Crippen LogP contribution in [-0.4, -0.2) is 33.4 Å². The maximum atomic E-state index is 13.8. The molecule has 1 amide bonds. The number of amides is 1. The van der Waals surface area contributed by atoms with Gasteiger partial charge in [0.15, 0.2) is 12.4 Å². The van der Waals surface area contributed by atoms with Crippen LogP contribution in [0.15, 0.2) is 18.2 Å². The number of aromatic nitrogens is 2. The maximum Gasteiger partial charge on any atom is 0.307 e. The van der Waals surface area contributed by atoms with Crippen molar-refractivity contribution in [3.8, 4) is 5.75 Å².